The molecule has 32 heavy (non-hydrogen) atoms. The van der Waals surface area contributed by atoms with E-state index < -0.39 is 10.0 Å². The van der Waals surface area contributed by atoms with E-state index in [-0.39, 0.29) is 29.1 Å². The number of carbonyl (C=O) groups is 1. The van der Waals surface area contributed by atoms with Gasteiger partial charge in [-0.15, -0.1) is 0 Å². The van der Waals surface area contributed by atoms with Crippen LogP contribution in [0, 0.1) is 0 Å². The van der Waals surface area contributed by atoms with E-state index in [2.05, 4.69) is 28.8 Å². The summed E-state index contributed by atoms with van der Waals surface area (Å²) in [7, 11) is -3.59. The third-order valence-corrected chi connectivity index (χ3v) is 8.00. The topological polar surface area (TPSA) is 78.5 Å². The van der Waals surface area contributed by atoms with Gasteiger partial charge in [-0.25, -0.2) is 8.42 Å². The van der Waals surface area contributed by atoms with Gasteiger partial charge < -0.3 is 10.6 Å². The van der Waals surface area contributed by atoms with Crippen LogP contribution in [0.1, 0.15) is 31.4 Å². The lowest BCUT2D eigenvalue weighted by atomic mass is 10.00. The second-order valence-corrected chi connectivity index (χ2v) is 10.3. The van der Waals surface area contributed by atoms with Crippen molar-refractivity contribution in [1.82, 2.24) is 9.62 Å². The Bertz CT molecular complexity index is 1230. The fourth-order valence-corrected chi connectivity index (χ4v) is 5.73. The Morgan fingerprint density at radius 1 is 1.06 bits per heavy atom. The summed E-state index contributed by atoms with van der Waals surface area (Å²) < 4.78 is 27.1. The Hall–Kier alpha value is -2.45. The zero-order chi connectivity index (χ0) is 22.7. The number of fused-ring (bicyclic) bond motifs is 1. The summed E-state index contributed by atoms with van der Waals surface area (Å²) in [5.41, 5.74) is 1.39. The highest BCUT2D eigenvalue weighted by molar-refractivity contribution is 7.89. The molecule has 1 amide bonds. The second-order valence-electron chi connectivity index (χ2n) is 7.97. The molecule has 8 heteroatoms. The average Bonchev–Trinajstić information content (AvgIpc) is 3.34. The van der Waals surface area contributed by atoms with Gasteiger partial charge in [-0.05, 0) is 54.3 Å². The van der Waals surface area contributed by atoms with Crippen LogP contribution in [0.3, 0.4) is 0 Å². The van der Waals surface area contributed by atoms with Gasteiger partial charge in [0.25, 0.3) is 0 Å². The highest BCUT2D eigenvalue weighted by Crippen LogP contribution is 2.28. The first-order valence-electron chi connectivity index (χ1n) is 10.7. The molecule has 0 unspecified atom stereocenters. The Kier molecular flexibility index (Phi) is 6.81. The predicted octanol–water partition coefficient (Wildman–Crippen LogP) is 4.57. The molecule has 3 aromatic carbocycles. The number of benzene rings is 3. The van der Waals surface area contributed by atoms with Crippen molar-refractivity contribution >= 4 is 44.0 Å². The molecule has 6 nitrogen and oxygen atoms in total. The number of hydrogen-bond donors (Lipinski definition) is 2. The van der Waals surface area contributed by atoms with Gasteiger partial charge in [0, 0.05) is 19.1 Å². The van der Waals surface area contributed by atoms with Crippen molar-refractivity contribution in [3.63, 3.8) is 0 Å². The minimum Gasteiger partial charge on any atom is -0.324 e. The van der Waals surface area contributed by atoms with E-state index in [1.54, 1.807) is 0 Å². The van der Waals surface area contributed by atoms with E-state index in [0.717, 1.165) is 29.2 Å². The van der Waals surface area contributed by atoms with Gasteiger partial charge in [-0.3, -0.25) is 4.79 Å². The molecule has 1 aliphatic rings. The van der Waals surface area contributed by atoms with Gasteiger partial charge in [0.05, 0.1) is 22.2 Å². The van der Waals surface area contributed by atoms with Crippen LogP contribution in [0.25, 0.3) is 10.8 Å². The van der Waals surface area contributed by atoms with Crippen LogP contribution in [0.2, 0.25) is 5.02 Å². The Labute approximate surface area is 193 Å². The second kappa shape index (κ2) is 9.58. The number of carbonyl (C=O) groups excluding carboxylic acids is 1. The van der Waals surface area contributed by atoms with Crippen LogP contribution in [0.4, 0.5) is 5.69 Å². The van der Waals surface area contributed by atoms with Gasteiger partial charge in [-0.2, -0.15) is 4.31 Å². The first-order chi connectivity index (χ1) is 15.4. The molecule has 3 aromatic rings. The zero-order valence-corrected chi connectivity index (χ0v) is 19.4. The van der Waals surface area contributed by atoms with Crippen LogP contribution in [-0.4, -0.2) is 38.3 Å². The van der Waals surface area contributed by atoms with Crippen molar-refractivity contribution in [3.8, 4) is 0 Å². The monoisotopic (exact) mass is 471 g/mol. The highest BCUT2D eigenvalue weighted by atomic mass is 35.5. The fourth-order valence-electron chi connectivity index (χ4n) is 4.02. The van der Waals surface area contributed by atoms with Crippen molar-refractivity contribution in [2.24, 2.45) is 0 Å². The molecule has 4 rings (SSSR count). The summed E-state index contributed by atoms with van der Waals surface area (Å²) in [4.78, 5) is 12.7. The molecule has 0 spiro atoms. The van der Waals surface area contributed by atoms with Crippen LogP contribution < -0.4 is 10.6 Å². The van der Waals surface area contributed by atoms with Gasteiger partial charge in [0.2, 0.25) is 15.9 Å². The van der Waals surface area contributed by atoms with Crippen LogP contribution in [0.5, 0.6) is 0 Å². The van der Waals surface area contributed by atoms with Crippen molar-refractivity contribution < 1.29 is 13.2 Å². The number of halogens is 1. The van der Waals surface area contributed by atoms with Crippen LogP contribution in [0.15, 0.2) is 65.6 Å². The van der Waals surface area contributed by atoms with E-state index >= 15 is 0 Å². The summed E-state index contributed by atoms with van der Waals surface area (Å²) in [6, 6.07) is 18.6. The van der Waals surface area contributed by atoms with E-state index in [1.807, 2.05) is 31.2 Å². The van der Waals surface area contributed by atoms with Crippen molar-refractivity contribution in [1.29, 1.82) is 0 Å². The molecule has 0 bridgehead atoms. The maximum absolute atomic E-state index is 12.8. The fraction of sp³-hybridized carbons (Fsp3) is 0.292. The van der Waals surface area contributed by atoms with E-state index in [9.17, 15) is 13.2 Å². The Morgan fingerprint density at radius 3 is 2.56 bits per heavy atom. The van der Waals surface area contributed by atoms with Gasteiger partial charge in [-0.1, -0.05) is 54.1 Å². The summed E-state index contributed by atoms with van der Waals surface area (Å²) in [6.45, 7) is 3.10. The predicted molar refractivity (Wildman–Crippen MR) is 128 cm³/mol. The third kappa shape index (κ3) is 4.81. The largest absolute Gasteiger partial charge is 0.324 e. The molecule has 1 saturated heterocycles. The lowest BCUT2D eigenvalue weighted by molar-refractivity contribution is -0.115. The lowest BCUT2D eigenvalue weighted by Crippen LogP contribution is -2.30. The lowest BCUT2D eigenvalue weighted by Gasteiger charge is -2.18. The van der Waals surface area contributed by atoms with Gasteiger partial charge in [0.15, 0.2) is 0 Å². The number of amides is 1. The molecule has 2 N–H and O–H groups in total. The van der Waals surface area contributed by atoms with Crippen LogP contribution >= 0.6 is 11.6 Å². The normalized spacial score (nSPS) is 15.7. The van der Waals surface area contributed by atoms with Crippen LogP contribution in [-0.2, 0) is 14.8 Å². The molecule has 1 atom stereocenters. The third-order valence-electron chi connectivity index (χ3n) is 5.77. The number of nitrogens with zero attached hydrogens (tertiary/aromatic N) is 1. The number of rotatable bonds is 7. The van der Waals surface area contributed by atoms with E-state index in [1.165, 1.54) is 22.5 Å². The molecular formula is C24H26ClN3O3S. The van der Waals surface area contributed by atoms with Crippen molar-refractivity contribution in [3.05, 3.63) is 71.2 Å². The number of nitrogens with one attached hydrogen (secondary N) is 2. The molecular weight excluding hydrogens is 446 g/mol. The summed E-state index contributed by atoms with van der Waals surface area (Å²) in [5, 5.41) is 8.55. The molecule has 0 saturated carbocycles. The minimum absolute atomic E-state index is 0.0517. The first kappa shape index (κ1) is 22.7. The summed E-state index contributed by atoms with van der Waals surface area (Å²) in [5.74, 6) is -0.297. The Balaban J connectivity index is 1.44. The zero-order valence-electron chi connectivity index (χ0n) is 17.8. The minimum atomic E-state index is -3.59. The van der Waals surface area contributed by atoms with Crippen molar-refractivity contribution in [2.75, 3.05) is 25.0 Å². The molecule has 0 aromatic heterocycles. The molecule has 0 radical (unpaired) electrons. The summed E-state index contributed by atoms with van der Waals surface area (Å²) in [6.07, 6.45) is 1.72. The first-order valence-corrected chi connectivity index (χ1v) is 12.5. The van der Waals surface area contributed by atoms with Crippen molar-refractivity contribution in [2.45, 2.75) is 30.7 Å². The standard InChI is InChI=1S/C24H26ClN3O3S/c1-17(20-10-6-8-18-7-2-3-9-21(18)20)26-16-24(29)27-23-15-19(11-12-22(23)25)32(30,31)28-13-4-5-14-28/h2-3,6-12,15,17,26H,4-5,13-14,16H2,1H3,(H,27,29)/t17-/m0/s1. The molecule has 1 heterocycles. The molecule has 1 aliphatic heterocycles. The molecule has 168 valence electrons. The summed E-state index contributed by atoms with van der Waals surface area (Å²) >= 11 is 6.23. The number of anilines is 1. The number of hydrogen-bond acceptors (Lipinski definition) is 4. The van der Waals surface area contributed by atoms with Gasteiger partial charge in [0.1, 0.15) is 0 Å². The van der Waals surface area contributed by atoms with Gasteiger partial charge >= 0.3 is 0 Å². The average molecular weight is 472 g/mol. The van der Waals surface area contributed by atoms with E-state index in [4.69, 9.17) is 11.6 Å². The smallest absolute Gasteiger partial charge is 0.243 e. The maximum Gasteiger partial charge on any atom is 0.243 e. The maximum atomic E-state index is 12.8. The van der Waals surface area contributed by atoms with E-state index in [0.29, 0.717) is 18.1 Å². The molecule has 1 fully saturated rings. The highest BCUT2D eigenvalue weighted by Gasteiger charge is 2.27. The molecule has 0 aliphatic carbocycles. The number of sulfonamides is 1. The SMILES string of the molecule is C[C@H](NCC(=O)Nc1cc(S(=O)(=O)N2CCCC2)ccc1Cl)c1cccc2ccccc12. The Morgan fingerprint density at radius 2 is 1.78 bits per heavy atom. The quantitative estimate of drug-likeness (QED) is 0.529.